The van der Waals surface area contributed by atoms with Crippen molar-refractivity contribution in [3.05, 3.63) is 65.6 Å². The normalized spacial score (nSPS) is 10.8. The van der Waals surface area contributed by atoms with E-state index < -0.39 is 0 Å². The van der Waals surface area contributed by atoms with Crippen LogP contribution in [0.2, 0.25) is 0 Å². The van der Waals surface area contributed by atoms with Gasteiger partial charge in [0, 0.05) is 16.9 Å². The molecule has 0 atom stereocenters. The molecule has 0 saturated carbocycles. The number of carbonyl (C=O) groups excluding carboxylic acids is 1. The lowest BCUT2D eigenvalue weighted by Gasteiger charge is -2.05. The maximum Gasteiger partial charge on any atom is 0.228 e. The number of halogens is 1. The minimum atomic E-state index is -0.364. The SMILES string of the molecule is Cc1cc2cc(CC(=O)Nc3cccc(F)c3)ccc2[nH]1. The highest BCUT2D eigenvalue weighted by Gasteiger charge is 2.06. The molecule has 21 heavy (non-hydrogen) atoms. The Kier molecular flexibility index (Phi) is 3.44. The third-order valence-electron chi connectivity index (χ3n) is 3.29. The number of H-pyrrole nitrogens is 1. The number of carbonyl (C=O) groups is 1. The van der Waals surface area contributed by atoms with Gasteiger partial charge in [-0.15, -0.1) is 0 Å². The summed E-state index contributed by atoms with van der Waals surface area (Å²) < 4.78 is 13.1. The van der Waals surface area contributed by atoms with Crippen molar-refractivity contribution >= 4 is 22.5 Å². The zero-order valence-electron chi connectivity index (χ0n) is 11.6. The molecule has 0 aliphatic heterocycles. The van der Waals surface area contributed by atoms with Crippen molar-refractivity contribution in [3.8, 4) is 0 Å². The van der Waals surface area contributed by atoms with E-state index in [0.717, 1.165) is 22.2 Å². The quantitative estimate of drug-likeness (QED) is 0.754. The van der Waals surface area contributed by atoms with Gasteiger partial charge in [-0.1, -0.05) is 12.1 Å². The second kappa shape index (κ2) is 5.40. The Morgan fingerprint density at radius 1 is 1.19 bits per heavy atom. The van der Waals surface area contributed by atoms with Crippen LogP contribution in [-0.4, -0.2) is 10.9 Å². The second-order valence-electron chi connectivity index (χ2n) is 5.11. The van der Waals surface area contributed by atoms with Crippen LogP contribution in [-0.2, 0) is 11.2 Å². The number of anilines is 1. The molecule has 0 aliphatic rings. The van der Waals surface area contributed by atoms with Crippen LogP contribution < -0.4 is 5.32 Å². The van der Waals surface area contributed by atoms with E-state index in [1.54, 1.807) is 12.1 Å². The van der Waals surface area contributed by atoms with Crippen LogP contribution in [0.3, 0.4) is 0 Å². The van der Waals surface area contributed by atoms with Gasteiger partial charge in [0.15, 0.2) is 0 Å². The van der Waals surface area contributed by atoms with Gasteiger partial charge in [0.1, 0.15) is 5.82 Å². The van der Waals surface area contributed by atoms with Gasteiger partial charge >= 0.3 is 0 Å². The Bertz CT molecular complexity index is 807. The number of aryl methyl sites for hydroxylation is 1. The molecule has 1 aromatic heterocycles. The number of amides is 1. The summed E-state index contributed by atoms with van der Waals surface area (Å²) in [5.41, 5.74) is 3.54. The van der Waals surface area contributed by atoms with E-state index in [9.17, 15) is 9.18 Å². The molecule has 106 valence electrons. The predicted octanol–water partition coefficient (Wildman–Crippen LogP) is 3.80. The third-order valence-corrected chi connectivity index (χ3v) is 3.29. The van der Waals surface area contributed by atoms with E-state index in [0.29, 0.717) is 5.69 Å². The number of aromatic nitrogens is 1. The highest BCUT2D eigenvalue weighted by atomic mass is 19.1. The average molecular weight is 282 g/mol. The summed E-state index contributed by atoms with van der Waals surface area (Å²) in [6.45, 7) is 2.00. The van der Waals surface area contributed by atoms with Crippen LogP contribution in [0.5, 0.6) is 0 Å². The Balaban J connectivity index is 1.73. The average Bonchev–Trinajstić information content (AvgIpc) is 2.78. The monoisotopic (exact) mass is 282 g/mol. The van der Waals surface area contributed by atoms with Gasteiger partial charge in [-0.2, -0.15) is 0 Å². The second-order valence-corrected chi connectivity index (χ2v) is 5.11. The minimum Gasteiger partial charge on any atom is -0.359 e. The fourth-order valence-electron chi connectivity index (χ4n) is 2.39. The zero-order chi connectivity index (χ0) is 14.8. The molecule has 0 bridgehead atoms. The molecule has 2 aromatic carbocycles. The van der Waals surface area contributed by atoms with Gasteiger partial charge in [0.2, 0.25) is 5.91 Å². The lowest BCUT2D eigenvalue weighted by Crippen LogP contribution is -2.14. The molecule has 4 heteroatoms. The van der Waals surface area contributed by atoms with Gasteiger partial charge in [0.05, 0.1) is 6.42 Å². The first-order chi connectivity index (χ1) is 10.1. The Morgan fingerprint density at radius 3 is 2.86 bits per heavy atom. The molecule has 0 spiro atoms. The molecule has 1 heterocycles. The fraction of sp³-hybridized carbons (Fsp3) is 0.118. The van der Waals surface area contributed by atoms with Gasteiger partial charge in [0.25, 0.3) is 0 Å². The van der Waals surface area contributed by atoms with Crippen LogP contribution in [0.25, 0.3) is 10.9 Å². The molecule has 3 aromatic rings. The van der Waals surface area contributed by atoms with Crippen molar-refractivity contribution in [2.45, 2.75) is 13.3 Å². The number of hydrogen-bond donors (Lipinski definition) is 2. The summed E-state index contributed by atoms with van der Waals surface area (Å²) in [6, 6.07) is 13.8. The number of fused-ring (bicyclic) bond motifs is 1. The van der Waals surface area contributed by atoms with E-state index >= 15 is 0 Å². The molecule has 0 unspecified atom stereocenters. The van der Waals surface area contributed by atoms with E-state index in [1.807, 2.05) is 31.2 Å². The van der Waals surface area contributed by atoms with Crippen molar-refractivity contribution in [2.75, 3.05) is 5.32 Å². The van der Waals surface area contributed by atoms with E-state index in [4.69, 9.17) is 0 Å². The minimum absolute atomic E-state index is 0.160. The van der Waals surface area contributed by atoms with Gasteiger partial charge < -0.3 is 10.3 Å². The lowest BCUT2D eigenvalue weighted by molar-refractivity contribution is -0.115. The first-order valence-corrected chi connectivity index (χ1v) is 6.74. The molecule has 3 rings (SSSR count). The number of rotatable bonds is 3. The topological polar surface area (TPSA) is 44.9 Å². The van der Waals surface area contributed by atoms with E-state index in [2.05, 4.69) is 10.3 Å². The molecule has 0 aliphatic carbocycles. The first kappa shape index (κ1) is 13.4. The highest BCUT2D eigenvalue weighted by molar-refractivity contribution is 5.93. The first-order valence-electron chi connectivity index (χ1n) is 6.74. The number of nitrogens with one attached hydrogen (secondary N) is 2. The number of aromatic amines is 1. The summed E-state index contributed by atoms with van der Waals surface area (Å²) in [5, 5.41) is 3.78. The van der Waals surface area contributed by atoms with Crippen molar-refractivity contribution in [3.63, 3.8) is 0 Å². The fourth-order valence-corrected chi connectivity index (χ4v) is 2.39. The largest absolute Gasteiger partial charge is 0.359 e. The molecular weight excluding hydrogens is 267 g/mol. The summed E-state index contributed by atoms with van der Waals surface area (Å²) in [5.74, 6) is -0.524. The lowest BCUT2D eigenvalue weighted by atomic mass is 10.1. The number of hydrogen-bond acceptors (Lipinski definition) is 1. The van der Waals surface area contributed by atoms with Gasteiger partial charge in [-0.25, -0.2) is 4.39 Å². The van der Waals surface area contributed by atoms with Crippen LogP contribution in [0.1, 0.15) is 11.3 Å². The van der Waals surface area contributed by atoms with Crippen LogP contribution in [0, 0.1) is 12.7 Å². The zero-order valence-corrected chi connectivity index (χ0v) is 11.6. The maximum atomic E-state index is 13.1. The highest BCUT2D eigenvalue weighted by Crippen LogP contribution is 2.17. The van der Waals surface area contributed by atoms with E-state index in [-0.39, 0.29) is 18.1 Å². The summed E-state index contributed by atoms with van der Waals surface area (Å²) in [6.07, 6.45) is 0.261. The molecule has 0 fully saturated rings. The van der Waals surface area contributed by atoms with Crippen molar-refractivity contribution in [1.82, 2.24) is 4.98 Å². The molecule has 0 saturated heterocycles. The molecule has 1 amide bonds. The smallest absolute Gasteiger partial charge is 0.228 e. The van der Waals surface area contributed by atoms with Crippen LogP contribution in [0.15, 0.2) is 48.5 Å². The summed E-state index contributed by atoms with van der Waals surface area (Å²) in [7, 11) is 0. The van der Waals surface area contributed by atoms with Gasteiger partial charge in [-0.05, 0) is 54.3 Å². The Hall–Kier alpha value is -2.62. The van der Waals surface area contributed by atoms with Gasteiger partial charge in [-0.3, -0.25) is 4.79 Å². The summed E-state index contributed by atoms with van der Waals surface area (Å²) in [4.78, 5) is 15.2. The van der Waals surface area contributed by atoms with Crippen molar-refractivity contribution < 1.29 is 9.18 Å². The standard InChI is InChI=1S/C17H15FN2O/c1-11-7-13-8-12(5-6-16(13)19-11)9-17(21)20-15-4-2-3-14(18)10-15/h2-8,10,19H,9H2,1H3,(H,20,21). The van der Waals surface area contributed by atoms with Crippen LogP contribution >= 0.6 is 0 Å². The van der Waals surface area contributed by atoms with Crippen molar-refractivity contribution in [2.24, 2.45) is 0 Å². The Labute approximate surface area is 121 Å². The predicted molar refractivity (Wildman–Crippen MR) is 81.8 cm³/mol. The molecular formula is C17H15FN2O. The van der Waals surface area contributed by atoms with Crippen molar-refractivity contribution in [1.29, 1.82) is 0 Å². The van der Waals surface area contributed by atoms with Crippen LogP contribution in [0.4, 0.5) is 10.1 Å². The molecule has 3 nitrogen and oxygen atoms in total. The maximum absolute atomic E-state index is 13.1. The Morgan fingerprint density at radius 2 is 2.05 bits per heavy atom. The molecule has 2 N–H and O–H groups in total. The number of benzene rings is 2. The third kappa shape index (κ3) is 3.11. The molecule has 0 radical (unpaired) electrons. The summed E-state index contributed by atoms with van der Waals surface area (Å²) >= 11 is 0. The van der Waals surface area contributed by atoms with E-state index in [1.165, 1.54) is 12.1 Å².